The van der Waals surface area contributed by atoms with Crippen molar-refractivity contribution in [1.82, 2.24) is 14.9 Å². The van der Waals surface area contributed by atoms with Gasteiger partial charge in [0.2, 0.25) is 0 Å². The lowest BCUT2D eigenvalue weighted by molar-refractivity contribution is 0.242. The number of benzene rings is 1. The van der Waals surface area contributed by atoms with Crippen LogP contribution < -0.4 is 10.1 Å². The quantitative estimate of drug-likeness (QED) is 0.891. The number of hydrogen-bond acceptors (Lipinski definition) is 3. The number of amides is 1. The fourth-order valence-electron chi connectivity index (χ4n) is 1.68. The van der Waals surface area contributed by atoms with Crippen LogP contribution in [0.2, 0.25) is 0 Å². The first kappa shape index (κ1) is 12.2. The molecule has 2 aromatic rings. The molecule has 0 bridgehead atoms. The summed E-state index contributed by atoms with van der Waals surface area (Å²) in [5.74, 6) is 0.842. The zero-order valence-corrected chi connectivity index (χ0v) is 10.2. The Hall–Kier alpha value is -2.30. The minimum atomic E-state index is -0.178. The van der Waals surface area contributed by atoms with E-state index in [0.717, 1.165) is 17.7 Å². The van der Waals surface area contributed by atoms with Gasteiger partial charge in [-0.3, -0.25) is 4.57 Å². The van der Waals surface area contributed by atoms with Crippen molar-refractivity contribution < 1.29 is 9.53 Å². The van der Waals surface area contributed by atoms with E-state index in [1.807, 2.05) is 24.3 Å². The van der Waals surface area contributed by atoms with Gasteiger partial charge in [0.05, 0.1) is 7.11 Å². The zero-order valence-electron chi connectivity index (χ0n) is 10.2. The number of aromatic nitrogens is 2. The highest BCUT2D eigenvalue weighted by molar-refractivity contribution is 5.76. The Bertz CT molecular complexity index is 509. The molecule has 5 nitrogen and oxygen atoms in total. The van der Waals surface area contributed by atoms with Crippen molar-refractivity contribution in [3.63, 3.8) is 0 Å². The topological polar surface area (TPSA) is 56.1 Å². The Labute approximate surface area is 105 Å². The van der Waals surface area contributed by atoms with Gasteiger partial charge in [-0.05, 0) is 18.1 Å². The van der Waals surface area contributed by atoms with Crippen molar-refractivity contribution in [3.8, 4) is 5.75 Å². The van der Waals surface area contributed by atoms with Gasteiger partial charge in [0.25, 0.3) is 0 Å². The third-order valence-corrected chi connectivity index (χ3v) is 2.60. The van der Waals surface area contributed by atoms with Crippen LogP contribution in [0, 0.1) is 0 Å². The lowest BCUT2D eigenvalue weighted by Crippen LogP contribution is -2.29. The third-order valence-electron chi connectivity index (χ3n) is 2.60. The Morgan fingerprint density at radius 2 is 2.28 bits per heavy atom. The van der Waals surface area contributed by atoms with Crippen LogP contribution in [-0.4, -0.2) is 29.2 Å². The molecule has 0 radical (unpaired) electrons. The predicted octanol–water partition coefficient (Wildman–Crippen LogP) is 1.69. The van der Waals surface area contributed by atoms with E-state index >= 15 is 0 Å². The number of nitrogens with zero attached hydrogens (tertiary/aromatic N) is 2. The highest BCUT2D eigenvalue weighted by Crippen LogP contribution is 2.17. The van der Waals surface area contributed by atoms with Gasteiger partial charge in [0, 0.05) is 18.9 Å². The number of nitrogens with one attached hydrogen (secondary N) is 1. The second-order valence-electron chi connectivity index (χ2n) is 3.76. The van der Waals surface area contributed by atoms with Gasteiger partial charge in [-0.1, -0.05) is 18.2 Å². The first-order valence-corrected chi connectivity index (χ1v) is 5.69. The summed E-state index contributed by atoms with van der Waals surface area (Å²) in [6, 6.07) is 7.60. The molecule has 0 atom stereocenters. The predicted molar refractivity (Wildman–Crippen MR) is 67.7 cm³/mol. The number of carbonyl (C=O) groups is 1. The van der Waals surface area contributed by atoms with Gasteiger partial charge in [0.1, 0.15) is 12.1 Å². The molecule has 1 N–H and O–H groups in total. The van der Waals surface area contributed by atoms with Crippen LogP contribution in [0.1, 0.15) is 5.56 Å². The normalized spacial score (nSPS) is 10.1. The molecule has 1 aromatic heterocycles. The second-order valence-corrected chi connectivity index (χ2v) is 3.76. The van der Waals surface area contributed by atoms with Crippen LogP contribution in [0.3, 0.4) is 0 Å². The van der Waals surface area contributed by atoms with Gasteiger partial charge >= 0.3 is 6.03 Å². The minimum absolute atomic E-state index is 0.178. The van der Waals surface area contributed by atoms with E-state index in [1.165, 1.54) is 10.9 Å². The van der Waals surface area contributed by atoms with E-state index in [9.17, 15) is 4.79 Å². The van der Waals surface area contributed by atoms with Crippen LogP contribution in [0.25, 0.3) is 0 Å². The highest BCUT2D eigenvalue weighted by atomic mass is 16.5. The number of hydrogen-bond donors (Lipinski definition) is 1. The monoisotopic (exact) mass is 245 g/mol. The maximum atomic E-state index is 11.6. The summed E-state index contributed by atoms with van der Waals surface area (Å²) in [4.78, 5) is 15.5. The molecule has 0 aliphatic carbocycles. The fraction of sp³-hybridized carbons (Fsp3) is 0.231. The van der Waals surface area contributed by atoms with Crippen molar-refractivity contribution in [3.05, 3.63) is 48.5 Å². The summed E-state index contributed by atoms with van der Waals surface area (Å²) in [6.07, 6.45) is 5.38. The summed E-state index contributed by atoms with van der Waals surface area (Å²) >= 11 is 0. The van der Waals surface area contributed by atoms with E-state index in [-0.39, 0.29) is 6.03 Å². The molecule has 0 saturated carbocycles. The Morgan fingerprint density at radius 3 is 3.00 bits per heavy atom. The molecule has 1 heterocycles. The van der Waals surface area contributed by atoms with Crippen LogP contribution in [0.15, 0.2) is 43.0 Å². The maximum absolute atomic E-state index is 11.6. The van der Waals surface area contributed by atoms with Crippen LogP contribution in [0.4, 0.5) is 4.79 Å². The van der Waals surface area contributed by atoms with Crippen molar-refractivity contribution in [2.45, 2.75) is 6.42 Å². The number of carbonyl (C=O) groups excluding carboxylic acids is 1. The molecule has 1 aromatic carbocycles. The van der Waals surface area contributed by atoms with Crippen LogP contribution in [-0.2, 0) is 6.42 Å². The smallest absolute Gasteiger partial charge is 0.326 e. The highest BCUT2D eigenvalue weighted by Gasteiger charge is 2.04. The van der Waals surface area contributed by atoms with Crippen molar-refractivity contribution >= 4 is 6.03 Å². The SMILES string of the molecule is COc1ccccc1CCNC(=O)n1ccnc1. The summed E-state index contributed by atoms with van der Waals surface area (Å²) in [5, 5.41) is 2.81. The molecule has 0 unspecified atom stereocenters. The summed E-state index contributed by atoms with van der Waals surface area (Å²) in [5.41, 5.74) is 1.07. The number of imidazole rings is 1. The molecule has 2 rings (SSSR count). The Balaban J connectivity index is 1.87. The average molecular weight is 245 g/mol. The molecule has 1 amide bonds. The lowest BCUT2D eigenvalue weighted by Gasteiger charge is -2.09. The molecular weight excluding hydrogens is 230 g/mol. The fourth-order valence-corrected chi connectivity index (χ4v) is 1.68. The molecule has 0 aliphatic heterocycles. The molecule has 18 heavy (non-hydrogen) atoms. The van der Waals surface area contributed by atoms with Crippen LogP contribution >= 0.6 is 0 Å². The summed E-state index contributed by atoms with van der Waals surface area (Å²) < 4.78 is 6.65. The molecular formula is C13H15N3O2. The van der Waals surface area contributed by atoms with Crippen molar-refractivity contribution in [2.75, 3.05) is 13.7 Å². The number of para-hydroxylation sites is 1. The van der Waals surface area contributed by atoms with E-state index < -0.39 is 0 Å². The van der Waals surface area contributed by atoms with Gasteiger partial charge in [-0.15, -0.1) is 0 Å². The summed E-state index contributed by atoms with van der Waals surface area (Å²) in [6.45, 7) is 0.553. The van der Waals surface area contributed by atoms with E-state index in [2.05, 4.69) is 10.3 Å². The molecule has 5 heteroatoms. The number of methoxy groups -OCH3 is 1. The van der Waals surface area contributed by atoms with Gasteiger partial charge in [0.15, 0.2) is 0 Å². The molecule has 0 fully saturated rings. The first-order valence-electron chi connectivity index (χ1n) is 5.69. The standard InChI is InChI=1S/C13H15N3O2/c1-18-12-5-3-2-4-11(12)6-7-15-13(17)16-9-8-14-10-16/h2-5,8-10H,6-7H2,1H3,(H,15,17). The zero-order chi connectivity index (χ0) is 12.8. The van der Waals surface area contributed by atoms with Crippen LogP contribution in [0.5, 0.6) is 5.75 Å². The Morgan fingerprint density at radius 1 is 1.44 bits per heavy atom. The van der Waals surface area contributed by atoms with Gasteiger partial charge in [-0.25, -0.2) is 9.78 Å². The van der Waals surface area contributed by atoms with Gasteiger partial charge < -0.3 is 10.1 Å². The third kappa shape index (κ3) is 2.88. The number of rotatable bonds is 4. The van der Waals surface area contributed by atoms with Crippen molar-refractivity contribution in [2.24, 2.45) is 0 Å². The lowest BCUT2D eigenvalue weighted by atomic mass is 10.1. The second kappa shape index (κ2) is 5.86. The molecule has 0 spiro atoms. The molecule has 94 valence electrons. The first-order chi connectivity index (χ1) is 8.81. The average Bonchev–Trinajstić information content (AvgIpc) is 2.93. The maximum Gasteiger partial charge on any atom is 0.326 e. The Kier molecular flexibility index (Phi) is 3.96. The van der Waals surface area contributed by atoms with E-state index in [4.69, 9.17) is 4.74 Å². The molecule has 0 saturated heterocycles. The van der Waals surface area contributed by atoms with Gasteiger partial charge in [-0.2, -0.15) is 0 Å². The summed E-state index contributed by atoms with van der Waals surface area (Å²) in [7, 11) is 1.64. The largest absolute Gasteiger partial charge is 0.496 e. The molecule has 0 aliphatic rings. The van der Waals surface area contributed by atoms with Crippen molar-refractivity contribution in [1.29, 1.82) is 0 Å². The minimum Gasteiger partial charge on any atom is -0.496 e. The number of ether oxygens (including phenoxy) is 1. The van der Waals surface area contributed by atoms with E-state index in [1.54, 1.807) is 19.5 Å². The van der Waals surface area contributed by atoms with E-state index in [0.29, 0.717) is 6.54 Å².